The monoisotopic (exact) mass is 270 g/mol. The van der Waals surface area contributed by atoms with E-state index < -0.39 is 0 Å². The van der Waals surface area contributed by atoms with Crippen molar-refractivity contribution in [3.63, 3.8) is 0 Å². The summed E-state index contributed by atoms with van der Waals surface area (Å²) in [6, 6.07) is 10.2. The number of nitrogens with one attached hydrogen (secondary N) is 2. The first-order valence-electron chi connectivity index (χ1n) is 7.10. The first-order valence-corrected chi connectivity index (χ1v) is 7.10. The summed E-state index contributed by atoms with van der Waals surface area (Å²) in [6.45, 7) is 7.13. The topological polar surface area (TPSA) is 49.8 Å². The quantitative estimate of drug-likeness (QED) is 0.777. The van der Waals surface area contributed by atoms with Crippen LogP contribution in [0.25, 0.3) is 0 Å². The lowest BCUT2D eigenvalue weighted by atomic mass is 10.2. The second-order valence-corrected chi connectivity index (χ2v) is 4.99. The molecule has 0 aliphatic carbocycles. The number of hydrogen-bond donors (Lipinski definition) is 2. The summed E-state index contributed by atoms with van der Waals surface area (Å²) in [5, 5.41) is 6.57. The van der Waals surface area contributed by atoms with Crippen LogP contribution >= 0.6 is 0 Å². The second kappa shape index (κ2) is 6.89. The first-order chi connectivity index (χ1) is 9.67. The number of hydrogen-bond acceptors (Lipinski definition) is 4. The second-order valence-electron chi connectivity index (χ2n) is 4.99. The van der Waals surface area contributed by atoms with E-state index >= 15 is 0 Å². The van der Waals surface area contributed by atoms with Gasteiger partial charge in [-0.3, -0.25) is 0 Å². The largest absolute Gasteiger partial charge is 0.354 e. The molecule has 4 heteroatoms. The predicted octanol–water partition coefficient (Wildman–Crippen LogP) is 4.05. The molecule has 0 saturated heterocycles. The van der Waals surface area contributed by atoms with E-state index in [-0.39, 0.29) is 0 Å². The summed E-state index contributed by atoms with van der Waals surface area (Å²) in [6.07, 6.45) is 2.28. The van der Waals surface area contributed by atoms with E-state index in [1.54, 1.807) is 0 Å². The fourth-order valence-corrected chi connectivity index (χ4v) is 1.87. The molecule has 1 aromatic heterocycles. The standard InChI is InChI=1S/C16H22N4/c1-4-5-10-17-16-18-13(3)11-15(20-16)19-14-8-6-12(2)7-9-14/h6-9,11H,4-5,10H2,1-3H3,(H2,17,18,19,20). The minimum absolute atomic E-state index is 0.688. The highest BCUT2D eigenvalue weighted by molar-refractivity contribution is 5.57. The predicted molar refractivity (Wildman–Crippen MR) is 84.6 cm³/mol. The highest BCUT2D eigenvalue weighted by Gasteiger charge is 2.02. The van der Waals surface area contributed by atoms with Gasteiger partial charge in [0.05, 0.1) is 0 Å². The SMILES string of the molecule is CCCCNc1nc(C)cc(Nc2ccc(C)cc2)n1. The normalized spacial score (nSPS) is 10.3. The minimum Gasteiger partial charge on any atom is -0.354 e. The Labute approximate surface area is 120 Å². The van der Waals surface area contributed by atoms with Gasteiger partial charge in [-0.25, -0.2) is 4.98 Å². The third-order valence-corrected chi connectivity index (χ3v) is 2.99. The van der Waals surface area contributed by atoms with Crippen molar-refractivity contribution in [2.24, 2.45) is 0 Å². The number of benzene rings is 1. The van der Waals surface area contributed by atoms with E-state index in [0.29, 0.717) is 5.95 Å². The maximum absolute atomic E-state index is 4.49. The molecule has 0 spiro atoms. The third kappa shape index (κ3) is 4.23. The zero-order valence-corrected chi connectivity index (χ0v) is 12.4. The van der Waals surface area contributed by atoms with Gasteiger partial charge in [0.1, 0.15) is 5.82 Å². The molecule has 0 amide bonds. The molecule has 2 aromatic rings. The molecule has 0 unspecified atom stereocenters. The number of rotatable bonds is 6. The molecule has 0 aliphatic heterocycles. The maximum atomic E-state index is 4.49. The zero-order chi connectivity index (χ0) is 14.4. The van der Waals surface area contributed by atoms with Crippen molar-refractivity contribution in [2.45, 2.75) is 33.6 Å². The molecular formula is C16H22N4. The molecular weight excluding hydrogens is 248 g/mol. The van der Waals surface area contributed by atoms with Gasteiger partial charge < -0.3 is 10.6 Å². The van der Waals surface area contributed by atoms with Crippen molar-refractivity contribution in [3.05, 3.63) is 41.6 Å². The van der Waals surface area contributed by atoms with Gasteiger partial charge in [-0.1, -0.05) is 31.0 Å². The molecule has 0 aliphatic rings. The van der Waals surface area contributed by atoms with E-state index in [0.717, 1.165) is 36.6 Å². The Morgan fingerprint density at radius 3 is 2.50 bits per heavy atom. The molecule has 106 valence electrons. The van der Waals surface area contributed by atoms with Gasteiger partial charge in [0.25, 0.3) is 0 Å². The van der Waals surface area contributed by atoms with E-state index in [1.807, 2.05) is 13.0 Å². The highest BCUT2D eigenvalue weighted by Crippen LogP contribution is 2.17. The summed E-state index contributed by atoms with van der Waals surface area (Å²) in [5.41, 5.74) is 3.23. The molecule has 4 nitrogen and oxygen atoms in total. The summed E-state index contributed by atoms with van der Waals surface area (Å²) < 4.78 is 0. The maximum Gasteiger partial charge on any atom is 0.224 e. The first kappa shape index (κ1) is 14.3. The van der Waals surface area contributed by atoms with Crippen LogP contribution in [-0.4, -0.2) is 16.5 Å². The molecule has 0 bridgehead atoms. The average Bonchev–Trinajstić information content (AvgIpc) is 2.41. The summed E-state index contributed by atoms with van der Waals surface area (Å²) in [7, 11) is 0. The molecule has 0 atom stereocenters. The molecule has 1 aromatic carbocycles. The Hall–Kier alpha value is -2.10. The molecule has 1 heterocycles. The smallest absolute Gasteiger partial charge is 0.224 e. The lowest BCUT2D eigenvalue weighted by Gasteiger charge is -2.10. The Balaban J connectivity index is 2.09. The Kier molecular flexibility index (Phi) is 4.93. The summed E-state index contributed by atoms with van der Waals surface area (Å²) in [5.74, 6) is 1.51. The van der Waals surface area contributed by atoms with Gasteiger partial charge in [-0.15, -0.1) is 0 Å². The van der Waals surface area contributed by atoms with Crippen LogP contribution < -0.4 is 10.6 Å². The molecule has 0 fully saturated rings. The third-order valence-electron chi connectivity index (χ3n) is 2.99. The van der Waals surface area contributed by atoms with Crippen molar-refractivity contribution in [1.82, 2.24) is 9.97 Å². The number of nitrogens with zero attached hydrogens (tertiary/aromatic N) is 2. The average molecular weight is 270 g/mol. The Morgan fingerprint density at radius 1 is 1.05 bits per heavy atom. The number of unbranched alkanes of at least 4 members (excludes halogenated alkanes) is 1. The lowest BCUT2D eigenvalue weighted by Crippen LogP contribution is -2.07. The minimum atomic E-state index is 0.688. The van der Waals surface area contributed by atoms with E-state index in [2.05, 4.69) is 58.7 Å². The summed E-state index contributed by atoms with van der Waals surface area (Å²) >= 11 is 0. The van der Waals surface area contributed by atoms with Gasteiger partial charge in [-0.2, -0.15) is 4.98 Å². The summed E-state index contributed by atoms with van der Waals surface area (Å²) in [4.78, 5) is 8.89. The van der Waals surface area contributed by atoms with Gasteiger partial charge in [-0.05, 0) is 32.4 Å². The van der Waals surface area contributed by atoms with Crippen LogP contribution in [-0.2, 0) is 0 Å². The van der Waals surface area contributed by atoms with Gasteiger partial charge in [0.2, 0.25) is 5.95 Å². The van der Waals surface area contributed by atoms with E-state index in [1.165, 1.54) is 5.56 Å². The van der Waals surface area contributed by atoms with Crippen LogP contribution in [0.4, 0.5) is 17.5 Å². The van der Waals surface area contributed by atoms with Crippen LogP contribution in [0.5, 0.6) is 0 Å². The fraction of sp³-hybridized carbons (Fsp3) is 0.375. The Bertz CT molecular complexity index is 549. The van der Waals surface area contributed by atoms with Crippen molar-refractivity contribution in [1.29, 1.82) is 0 Å². The van der Waals surface area contributed by atoms with Crippen molar-refractivity contribution in [3.8, 4) is 0 Å². The highest BCUT2D eigenvalue weighted by atomic mass is 15.1. The number of anilines is 3. The van der Waals surface area contributed by atoms with Crippen LogP contribution in [0.15, 0.2) is 30.3 Å². The van der Waals surface area contributed by atoms with E-state index in [9.17, 15) is 0 Å². The van der Waals surface area contributed by atoms with Crippen molar-refractivity contribution < 1.29 is 0 Å². The number of aryl methyl sites for hydroxylation is 2. The molecule has 0 radical (unpaired) electrons. The van der Waals surface area contributed by atoms with Gasteiger partial charge in [0.15, 0.2) is 0 Å². The van der Waals surface area contributed by atoms with Crippen LogP contribution in [0.3, 0.4) is 0 Å². The molecule has 2 N–H and O–H groups in total. The van der Waals surface area contributed by atoms with Crippen molar-refractivity contribution in [2.75, 3.05) is 17.2 Å². The van der Waals surface area contributed by atoms with Crippen LogP contribution in [0.2, 0.25) is 0 Å². The van der Waals surface area contributed by atoms with E-state index in [4.69, 9.17) is 0 Å². The fourth-order valence-electron chi connectivity index (χ4n) is 1.87. The van der Waals surface area contributed by atoms with Crippen LogP contribution in [0, 0.1) is 13.8 Å². The Morgan fingerprint density at radius 2 is 1.80 bits per heavy atom. The molecule has 0 saturated carbocycles. The van der Waals surface area contributed by atoms with Gasteiger partial charge >= 0.3 is 0 Å². The zero-order valence-electron chi connectivity index (χ0n) is 12.4. The molecule has 2 rings (SSSR count). The lowest BCUT2D eigenvalue weighted by molar-refractivity contribution is 0.825. The molecule has 20 heavy (non-hydrogen) atoms. The van der Waals surface area contributed by atoms with Crippen molar-refractivity contribution >= 4 is 17.5 Å². The van der Waals surface area contributed by atoms with Crippen LogP contribution in [0.1, 0.15) is 31.0 Å². The number of aromatic nitrogens is 2. The van der Waals surface area contributed by atoms with Gasteiger partial charge in [0, 0.05) is 24.0 Å².